The van der Waals surface area contributed by atoms with E-state index in [1.54, 1.807) is 36.7 Å². The van der Waals surface area contributed by atoms with E-state index in [-0.39, 0.29) is 24.8 Å². The zero-order chi connectivity index (χ0) is 14.7. The van der Waals surface area contributed by atoms with Crippen LogP contribution in [0.2, 0.25) is 0 Å². The molecule has 2 aromatic rings. The second-order valence-electron chi connectivity index (χ2n) is 4.61. The Morgan fingerprint density at radius 2 is 2.10 bits per heavy atom. The number of hydrogen-bond acceptors (Lipinski definition) is 3. The van der Waals surface area contributed by atoms with Crippen molar-refractivity contribution in [2.24, 2.45) is 0 Å². The first-order valence-electron chi connectivity index (χ1n) is 6.28. The predicted octanol–water partition coefficient (Wildman–Crippen LogP) is 1.54. The lowest BCUT2D eigenvalue weighted by atomic mass is 10.2. The van der Waals surface area contributed by atoms with Crippen LogP contribution in [0.25, 0.3) is 0 Å². The van der Waals surface area contributed by atoms with Gasteiger partial charge in [0.1, 0.15) is 12.4 Å². The Balaban J connectivity index is 1.96. The molecule has 1 aromatic carbocycles. The van der Waals surface area contributed by atoms with Crippen LogP contribution in [0.5, 0.6) is 0 Å². The normalized spacial score (nSPS) is 10.6. The molecule has 2 rings (SSSR count). The summed E-state index contributed by atoms with van der Waals surface area (Å²) in [5, 5.41) is 6.84. The molecule has 0 bridgehead atoms. The van der Waals surface area contributed by atoms with Crippen molar-refractivity contribution in [2.45, 2.75) is 26.9 Å². The summed E-state index contributed by atoms with van der Waals surface area (Å²) in [6.07, 6.45) is 0. The van der Waals surface area contributed by atoms with Gasteiger partial charge in [-0.2, -0.15) is 5.10 Å². The third-order valence-corrected chi connectivity index (χ3v) is 3.16. The van der Waals surface area contributed by atoms with Gasteiger partial charge in [0, 0.05) is 12.1 Å². The molecule has 0 aliphatic rings. The summed E-state index contributed by atoms with van der Waals surface area (Å²) >= 11 is 0. The van der Waals surface area contributed by atoms with E-state index in [1.165, 1.54) is 6.07 Å². The van der Waals surface area contributed by atoms with Gasteiger partial charge in [0.25, 0.3) is 0 Å². The van der Waals surface area contributed by atoms with Crippen molar-refractivity contribution in [3.63, 3.8) is 0 Å². The van der Waals surface area contributed by atoms with Crippen LogP contribution in [0.4, 0.5) is 10.1 Å². The van der Waals surface area contributed by atoms with Gasteiger partial charge < -0.3 is 11.1 Å². The molecule has 6 heteroatoms. The molecule has 3 N–H and O–H groups in total. The van der Waals surface area contributed by atoms with E-state index in [1.807, 2.05) is 0 Å². The lowest BCUT2D eigenvalue weighted by Crippen LogP contribution is -2.28. The number of nitrogen functional groups attached to an aromatic ring is 1. The van der Waals surface area contributed by atoms with E-state index >= 15 is 0 Å². The molecule has 20 heavy (non-hydrogen) atoms. The number of aromatic nitrogens is 2. The number of carbonyl (C=O) groups excluding carboxylic acids is 1. The highest BCUT2D eigenvalue weighted by Crippen LogP contribution is 2.14. The quantitative estimate of drug-likeness (QED) is 0.889. The molecule has 0 unspecified atom stereocenters. The summed E-state index contributed by atoms with van der Waals surface area (Å²) in [7, 11) is 0. The Kier molecular flexibility index (Phi) is 4.02. The Labute approximate surface area is 116 Å². The first kappa shape index (κ1) is 14.0. The number of aryl methyl sites for hydroxylation is 1. The molecule has 106 valence electrons. The number of nitrogens with zero attached hydrogens (tertiary/aromatic N) is 2. The predicted molar refractivity (Wildman–Crippen MR) is 74.4 cm³/mol. The largest absolute Gasteiger partial charge is 0.396 e. The maximum atomic E-state index is 13.4. The number of benzene rings is 1. The number of halogens is 1. The average Bonchev–Trinajstić information content (AvgIpc) is 2.65. The lowest BCUT2D eigenvalue weighted by molar-refractivity contribution is -0.122. The van der Waals surface area contributed by atoms with Crippen molar-refractivity contribution in [2.75, 3.05) is 5.73 Å². The van der Waals surface area contributed by atoms with E-state index in [2.05, 4.69) is 10.4 Å². The van der Waals surface area contributed by atoms with Crippen LogP contribution in [0.1, 0.15) is 17.0 Å². The number of hydrogen-bond donors (Lipinski definition) is 2. The number of nitrogens with two attached hydrogens (primary N) is 1. The van der Waals surface area contributed by atoms with Crippen LogP contribution in [-0.4, -0.2) is 15.7 Å². The number of anilines is 1. The van der Waals surface area contributed by atoms with E-state index in [0.717, 1.165) is 5.69 Å². The molecule has 0 aliphatic carbocycles. The summed E-state index contributed by atoms with van der Waals surface area (Å²) in [6.45, 7) is 3.81. The molecular weight excluding hydrogens is 259 g/mol. The van der Waals surface area contributed by atoms with E-state index in [4.69, 9.17) is 5.73 Å². The molecule has 1 aromatic heterocycles. The van der Waals surface area contributed by atoms with Gasteiger partial charge in [-0.25, -0.2) is 4.39 Å². The maximum Gasteiger partial charge on any atom is 0.242 e. The highest BCUT2D eigenvalue weighted by atomic mass is 19.1. The fourth-order valence-electron chi connectivity index (χ4n) is 1.89. The van der Waals surface area contributed by atoms with Crippen molar-refractivity contribution in [3.05, 3.63) is 47.0 Å². The zero-order valence-corrected chi connectivity index (χ0v) is 11.5. The Morgan fingerprint density at radius 3 is 2.70 bits per heavy atom. The highest BCUT2D eigenvalue weighted by Gasteiger charge is 2.11. The van der Waals surface area contributed by atoms with Gasteiger partial charge in [-0.1, -0.05) is 18.2 Å². The summed E-state index contributed by atoms with van der Waals surface area (Å²) in [6, 6.07) is 6.34. The van der Waals surface area contributed by atoms with Gasteiger partial charge in [0.05, 0.1) is 17.1 Å². The van der Waals surface area contributed by atoms with E-state index in [9.17, 15) is 9.18 Å². The molecule has 0 saturated carbocycles. The van der Waals surface area contributed by atoms with E-state index < -0.39 is 0 Å². The maximum absolute atomic E-state index is 13.4. The van der Waals surface area contributed by atoms with Gasteiger partial charge in [0.15, 0.2) is 0 Å². The van der Waals surface area contributed by atoms with Gasteiger partial charge in [-0.15, -0.1) is 0 Å². The third-order valence-electron chi connectivity index (χ3n) is 3.16. The molecule has 0 aliphatic heterocycles. The first-order chi connectivity index (χ1) is 9.49. The number of rotatable bonds is 4. The molecular formula is C14H17FN4O. The molecule has 1 heterocycles. The Morgan fingerprint density at radius 1 is 1.40 bits per heavy atom. The van der Waals surface area contributed by atoms with Crippen molar-refractivity contribution in [3.8, 4) is 0 Å². The average molecular weight is 276 g/mol. The van der Waals surface area contributed by atoms with Gasteiger partial charge in [0.2, 0.25) is 5.91 Å². The monoisotopic (exact) mass is 276 g/mol. The first-order valence-corrected chi connectivity index (χ1v) is 6.28. The van der Waals surface area contributed by atoms with Gasteiger partial charge >= 0.3 is 0 Å². The second kappa shape index (κ2) is 5.73. The summed E-state index contributed by atoms with van der Waals surface area (Å²) in [5.41, 5.74) is 8.29. The second-order valence-corrected chi connectivity index (χ2v) is 4.61. The van der Waals surface area contributed by atoms with Crippen LogP contribution >= 0.6 is 0 Å². The third kappa shape index (κ3) is 2.96. The smallest absolute Gasteiger partial charge is 0.242 e. The number of amides is 1. The summed E-state index contributed by atoms with van der Waals surface area (Å²) in [4.78, 5) is 11.8. The fraction of sp³-hybridized carbons (Fsp3) is 0.286. The van der Waals surface area contributed by atoms with Crippen molar-refractivity contribution >= 4 is 11.6 Å². The Bertz CT molecular complexity index is 636. The summed E-state index contributed by atoms with van der Waals surface area (Å²) < 4.78 is 14.9. The fourth-order valence-corrected chi connectivity index (χ4v) is 1.89. The zero-order valence-electron chi connectivity index (χ0n) is 11.5. The van der Waals surface area contributed by atoms with Gasteiger partial charge in [-0.05, 0) is 19.9 Å². The molecule has 0 atom stereocenters. The molecule has 0 radical (unpaired) electrons. The minimum atomic E-state index is -0.330. The van der Waals surface area contributed by atoms with Crippen molar-refractivity contribution in [1.29, 1.82) is 0 Å². The molecule has 1 amide bonds. The van der Waals surface area contributed by atoms with Crippen LogP contribution < -0.4 is 11.1 Å². The van der Waals surface area contributed by atoms with Crippen LogP contribution in [0.15, 0.2) is 24.3 Å². The molecule has 0 spiro atoms. The van der Waals surface area contributed by atoms with Crippen LogP contribution in [-0.2, 0) is 17.9 Å². The van der Waals surface area contributed by atoms with Crippen LogP contribution in [0, 0.1) is 19.7 Å². The van der Waals surface area contributed by atoms with E-state index in [0.29, 0.717) is 16.9 Å². The van der Waals surface area contributed by atoms with Crippen LogP contribution in [0.3, 0.4) is 0 Å². The van der Waals surface area contributed by atoms with Crippen molar-refractivity contribution in [1.82, 2.24) is 15.1 Å². The minimum Gasteiger partial charge on any atom is -0.396 e. The molecule has 5 nitrogen and oxygen atoms in total. The summed E-state index contributed by atoms with van der Waals surface area (Å²) in [5.74, 6) is -0.568. The van der Waals surface area contributed by atoms with Crippen molar-refractivity contribution < 1.29 is 9.18 Å². The standard InChI is InChI=1S/C14H17FN4O/c1-9-14(16)10(2)19(18-9)8-13(20)17-7-11-5-3-4-6-12(11)15/h3-6H,7-8,16H2,1-2H3,(H,17,20). The molecule has 0 saturated heterocycles. The Hall–Kier alpha value is -2.37. The topological polar surface area (TPSA) is 72.9 Å². The molecule has 0 fully saturated rings. The minimum absolute atomic E-state index is 0.0678. The lowest BCUT2D eigenvalue weighted by Gasteiger charge is -2.07. The highest BCUT2D eigenvalue weighted by molar-refractivity contribution is 5.75. The number of nitrogens with one attached hydrogen (secondary N) is 1. The number of carbonyl (C=O) groups is 1. The van der Waals surface area contributed by atoms with Gasteiger partial charge in [-0.3, -0.25) is 9.48 Å². The SMILES string of the molecule is Cc1nn(CC(=O)NCc2ccccc2F)c(C)c1N.